The molecular formula is C22H20N4O3S3. The third-order valence-corrected chi connectivity index (χ3v) is 7.49. The largest absolute Gasteiger partial charge is 0.465 e. The topological polar surface area (TPSA) is 86.1 Å². The van der Waals surface area contributed by atoms with Crippen LogP contribution in [0.25, 0.3) is 21.5 Å². The molecular weight excluding hydrogens is 464 g/mol. The van der Waals surface area contributed by atoms with Crippen molar-refractivity contribution in [2.45, 2.75) is 18.6 Å². The second kappa shape index (κ2) is 9.68. The maximum absolute atomic E-state index is 12.6. The maximum Gasteiger partial charge on any atom is 0.340 e. The van der Waals surface area contributed by atoms with Gasteiger partial charge in [0, 0.05) is 32.5 Å². The third-order valence-electron chi connectivity index (χ3n) is 4.60. The summed E-state index contributed by atoms with van der Waals surface area (Å²) in [6.45, 7) is 6.24. The molecule has 4 aromatic rings. The zero-order valence-corrected chi connectivity index (χ0v) is 19.9. The Kier molecular flexibility index (Phi) is 6.73. The Bertz CT molecular complexity index is 1300. The number of aromatic nitrogens is 3. The van der Waals surface area contributed by atoms with Crippen LogP contribution in [0, 0.1) is 6.92 Å². The van der Waals surface area contributed by atoms with Crippen LogP contribution in [0.3, 0.4) is 0 Å². The summed E-state index contributed by atoms with van der Waals surface area (Å²) < 4.78 is 7.92. The van der Waals surface area contributed by atoms with E-state index in [1.54, 1.807) is 23.5 Å². The number of nitrogens with one attached hydrogen (secondary N) is 1. The molecule has 4 rings (SSSR count). The van der Waals surface area contributed by atoms with Crippen LogP contribution in [0.2, 0.25) is 0 Å². The Morgan fingerprint density at radius 3 is 2.91 bits per heavy atom. The van der Waals surface area contributed by atoms with Gasteiger partial charge in [-0.1, -0.05) is 36.0 Å². The molecule has 0 aliphatic heterocycles. The number of esters is 1. The lowest BCUT2D eigenvalue weighted by atomic mass is 10.1. The van der Waals surface area contributed by atoms with E-state index in [2.05, 4.69) is 39.6 Å². The van der Waals surface area contributed by atoms with Crippen molar-refractivity contribution in [3.05, 3.63) is 58.8 Å². The van der Waals surface area contributed by atoms with E-state index in [-0.39, 0.29) is 11.7 Å². The van der Waals surface area contributed by atoms with Crippen molar-refractivity contribution in [1.82, 2.24) is 14.8 Å². The summed E-state index contributed by atoms with van der Waals surface area (Å²) in [5.41, 5.74) is 1.36. The summed E-state index contributed by atoms with van der Waals surface area (Å²) in [5, 5.41) is 15.8. The molecule has 1 amide bonds. The summed E-state index contributed by atoms with van der Waals surface area (Å²) in [6.07, 6.45) is 1.78. The number of carbonyl (C=O) groups is 2. The SMILES string of the molecule is C=CCn1c(SCC(=O)Nc2sc(C)cc2C(=O)OC)nnc1-c1csc2ccccc12. The van der Waals surface area contributed by atoms with E-state index in [1.807, 2.05) is 23.6 Å². The van der Waals surface area contributed by atoms with Crippen molar-refractivity contribution in [2.75, 3.05) is 18.2 Å². The molecule has 10 heteroatoms. The van der Waals surface area contributed by atoms with Crippen LogP contribution in [0.5, 0.6) is 0 Å². The molecule has 3 aromatic heterocycles. The number of hydrogen-bond acceptors (Lipinski definition) is 8. The summed E-state index contributed by atoms with van der Waals surface area (Å²) >= 11 is 4.28. The van der Waals surface area contributed by atoms with Crippen LogP contribution in [0.1, 0.15) is 15.2 Å². The summed E-state index contributed by atoms with van der Waals surface area (Å²) in [4.78, 5) is 25.4. The second-order valence-corrected chi connectivity index (χ2v) is 9.89. The highest BCUT2D eigenvalue weighted by atomic mass is 32.2. The molecule has 32 heavy (non-hydrogen) atoms. The lowest BCUT2D eigenvalue weighted by molar-refractivity contribution is -0.113. The Hall–Kier alpha value is -2.95. The molecule has 0 atom stereocenters. The first-order valence-electron chi connectivity index (χ1n) is 9.64. The van der Waals surface area contributed by atoms with E-state index < -0.39 is 5.97 Å². The van der Waals surface area contributed by atoms with Gasteiger partial charge in [-0.15, -0.1) is 39.4 Å². The predicted octanol–water partition coefficient (Wildman–Crippen LogP) is 5.23. The van der Waals surface area contributed by atoms with Gasteiger partial charge in [0.05, 0.1) is 18.4 Å². The number of nitrogens with zero attached hydrogens (tertiary/aromatic N) is 3. The fourth-order valence-corrected chi connectivity index (χ4v) is 5.80. The minimum Gasteiger partial charge on any atom is -0.465 e. The molecule has 3 heterocycles. The number of benzene rings is 1. The standard InChI is InChI=1S/C22H20N4O3S3/c1-4-9-26-19(16-11-30-17-8-6-5-7-14(16)17)24-25-22(26)31-12-18(27)23-20-15(21(28)29-3)10-13(2)32-20/h4-8,10-11H,1,9,12H2,2-3H3,(H,23,27). The Morgan fingerprint density at radius 2 is 2.12 bits per heavy atom. The van der Waals surface area contributed by atoms with Gasteiger partial charge in [0.2, 0.25) is 5.91 Å². The first-order valence-corrected chi connectivity index (χ1v) is 12.3. The number of aryl methyl sites for hydroxylation is 1. The fourth-order valence-electron chi connectivity index (χ4n) is 3.20. The van der Waals surface area contributed by atoms with Gasteiger partial charge in [0.1, 0.15) is 5.00 Å². The average Bonchev–Trinajstić information content (AvgIpc) is 3.49. The number of ether oxygens (including phenoxy) is 1. The van der Waals surface area contributed by atoms with Crippen LogP contribution in [0.15, 0.2) is 53.5 Å². The number of rotatable bonds is 8. The molecule has 7 nitrogen and oxygen atoms in total. The number of thioether (sulfide) groups is 1. The molecule has 164 valence electrons. The van der Waals surface area contributed by atoms with Crippen molar-refractivity contribution in [1.29, 1.82) is 0 Å². The number of hydrogen-bond donors (Lipinski definition) is 1. The van der Waals surface area contributed by atoms with Crippen molar-refractivity contribution in [3.8, 4) is 11.4 Å². The van der Waals surface area contributed by atoms with Crippen LogP contribution in [-0.2, 0) is 16.1 Å². The lowest BCUT2D eigenvalue weighted by Gasteiger charge is -2.08. The van der Waals surface area contributed by atoms with Crippen LogP contribution < -0.4 is 5.32 Å². The number of anilines is 1. The summed E-state index contributed by atoms with van der Waals surface area (Å²) in [6, 6.07) is 9.86. The first kappa shape index (κ1) is 22.3. The van der Waals surface area contributed by atoms with Crippen molar-refractivity contribution >= 4 is 61.4 Å². The highest BCUT2D eigenvalue weighted by Gasteiger charge is 2.20. The van der Waals surface area contributed by atoms with Crippen molar-refractivity contribution in [2.24, 2.45) is 0 Å². The van der Waals surface area contributed by atoms with E-state index in [0.717, 1.165) is 21.7 Å². The van der Waals surface area contributed by atoms with E-state index in [1.165, 1.54) is 34.9 Å². The average molecular weight is 485 g/mol. The summed E-state index contributed by atoms with van der Waals surface area (Å²) in [7, 11) is 1.32. The number of thiophene rings is 2. The number of fused-ring (bicyclic) bond motifs is 1. The fraction of sp³-hybridized carbons (Fsp3) is 0.182. The van der Waals surface area contributed by atoms with E-state index in [4.69, 9.17) is 4.74 Å². The summed E-state index contributed by atoms with van der Waals surface area (Å²) in [5.74, 6) is 0.150. The zero-order valence-electron chi connectivity index (χ0n) is 17.5. The smallest absolute Gasteiger partial charge is 0.340 e. The lowest BCUT2D eigenvalue weighted by Crippen LogP contribution is -2.16. The molecule has 0 saturated carbocycles. The van der Waals surface area contributed by atoms with Crippen LogP contribution >= 0.6 is 34.4 Å². The molecule has 0 radical (unpaired) electrons. The molecule has 0 spiro atoms. The molecule has 0 unspecified atom stereocenters. The van der Waals surface area contributed by atoms with Gasteiger partial charge in [-0.25, -0.2) is 4.79 Å². The molecule has 0 aliphatic rings. The van der Waals surface area contributed by atoms with E-state index in [9.17, 15) is 9.59 Å². The normalized spacial score (nSPS) is 10.9. The van der Waals surface area contributed by atoms with Crippen molar-refractivity contribution in [3.63, 3.8) is 0 Å². The molecule has 0 fully saturated rings. The maximum atomic E-state index is 12.6. The number of allylic oxidation sites excluding steroid dienone is 1. The van der Waals surface area contributed by atoms with Gasteiger partial charge in [0.25, 0.3) is 0 Å². The minimum atomic E-state index is -0.476. The molecule has 0 aliphatic carbocycles. The predicted molar refractivity (Wildman–Crippen MR) is 131 cm³/mol. The van der Waals surface area contributed by atoms with Gasteiger partial charge >= 0.3 is 5.97 Å². The molecule has 0 saturated heterocycles. The quantitative estimate of drug-likeness (QED) is 0.209. The van der Waals surface area contributed by atoms with Crippen molar-refractivity contribution < 1.29 is 14.3 Å². The number of carbonyl (C=O) groups excluding carboxylic acids is 2. The van der Waals surface area contributed by atoms with Gasteiger partial charge in [-0.05, 0) is 19.1 Å². The Balaban J connectivity index is 1.52. The van der Waals surface area contributed by atoms with Gasteiger partial charge < -0.3 is 10.1 Å². The second-order valence-electron chi connectivity index (χ2n) is 6.78. The third kappa shape index (κ3) is 4.47. The van der Waals surface area contributed by atoms with Gasteiger partial charge in [-0.3, -0.25) is 9.36 Å². The first-order chi connectivity index (χ1) is 15.5. The highest BCUT2D eigenvalue weighted by Crippen LogP contribution is 2.34. The van der Waals surface area contributed by atoms with Crippen LogP contribution in [0.4, 0.5) is 5.00 Å². The molecule has 0 bridgehead atoms. The zero-order chi connectivity index (χ0) is 22.7. The van der Waals surface area contributed by atoms with Gasteiger partial charge in [-0.2, -0.15) is 0 Å². The molecule has 1 aromatic carbocycles. The van der Waals surface area contributed by atoms with Crippen LogP contribution in [-0.4, -0.2) is 39.5 Å². The monoisotopic (exact) mass is 484 g/mol. The number of methoxy groups -OCH3 is 1. The highest BCUT2D eigenvalue weighted by molar-refractivity contribution is 7.99. The Morgan fingerprint density at radius 1 is 1.31 bits per heavy atom. The minimum absolute atomic E-state index is 0.122. The van der Waals surface area contributed by atoms with Gasteiger partial charge in [0.15, 0.2) is 11.0 Å². The van der Waals surface area contributed by atoms with E-state index >= 15 is 0 Å². The number of amides is 1. The molecule has 1 N–H and O–H groups in total. The Labute approximate surface area is 197 Å². The van der Waals surface area contributed by atoms with E-state index in [0.29, 0.717) is 22.3 Å².